The summed E-state index contributed by atoms with van der Waals surface area (Å²) in [6, 6.07) is 14.6. The number of nitro groups is 1. The first-order valence-corrected chi connectivity index (χ1v) is 7.18. The molecule has 1 N–H and O–H groups in total. The molecule has 0 saturated heterocycles. The fourth-order valence-corrected chi connectivity index (χ4v) is 2.50. The van der Waals surface area contributed by atoms with Crippen LogP contribution in [0.2, 0.25) is 0 Å². The lowest BCUT2D eigenvalue weighted by Crippen LogP contribution is -2.12. The molecule has 6 nitrogen and oxygen atoms in total. The van der Waals surface area contributed by atoms with E-state index in [1.807, 2.05) is 6.07 Å². The molecule has 0 aliphatic carbocycles. The SMILES string of the molecule is N#Cc1c(-c2cccc(F)c2)cc(-c2cccc([N+](=O)[O-])c2)[nH]c1=O. The third-order valence-electron chi connectivity index (χ3n) is 3.65. The molecule has 0 saturated carbocycles. The Labute approximate surface area is 141 Å². The molecule has 0 radical (unpaired) electrons. The van der Waals surface area contributed by atoms with Gasteiger partial charge in [-0.3, -0.25) is 14.9 Å². The highest BCUT2D eigenvalue weighted by molar-refractivity contribution is 5.75. The fourth-order valence-electron chi connectivity index (χ4n) is 2.50. The van der Waals surface area contributed by atoms with Crippen LogP contribution in [0.4, 0.5) is 10.1 Å². The monoisotopic (exact) mass is 335 g/mol. The van der Waals surface area contributed by atoms with Crippen LogP contribution in [-0.2, 0) is 0 Å². The van der Waals surface area contributed by atoms with Gasteiger partial charge in [0.1, 0.15) is 17.4 Å². The van der Waals surface area contributed by atoms with Crippen molar-refractivity contribution in [2.75, 3.05) is 0 Å². The van der Waals surface area contributed by atoms with Crippen molar-refractivity contribution in [3.63, 3.8) is 0 Å². The number of halogens is 1. The standard InChI is InChI=1S/C18H10FN3O3/c19-13-5-1-3-11(7-13)15-9-17(21-18(23)16(15)10-20)12-4-2-6-14(8-12)22(24)25/h1-9H,(H,21,23). The van der Waals surface area contributed by atoms with Gasteiger partial charge in [-0.25, -0.2) is 4.39 Å². The van der Waals surface area contributed by atoms with Gasteiger partial charge in [0.15, 0.2) is 0 Å². The van der Waals surface area contributed by atoms with Crippen molar-refractivity contribution in [1.29, 1.82) is 5.26 Å². The molecular weight excluding hydrogens is 325 g/mol. The lowest BCUT2D eigenvalue weighted by Gasteiger charge is -2.08. The van der Waals surface area contributed by atoms with Crippen molar-refractivity contribution >= 4 is 5.69 Å². The molecule has 0 aliphatic rings. The van der Waals surface area contributed by atoms with E-state index in [0.717, 1.165) is 0 Å². The predicted molar refractivity (Wildman–Crippen MR) is 89.3 cm³/mol. The first-order valence-electron chi connectivity index (χ1n) is 7.18. The van der Waals surface area contributed by atoms with E-state index in [4.69, 9.17) is 0 Å². The van der Waals surface area contributed by atoms with Gasteiger partial charge in [0.05, 0.1) is 4.92 Å². The first-order chi connectivity index (χ1) is 12.0. The molecule has 0 amide bonds. The van der Waals surface area contributed by atoms with E-state index in [0.29, 0.717) is 16.8 Å². The Morgan fingerprint density at radius 1 is 1.08 bits per heavy atom. The quantitative estimate of drug-likeness (QED) is 0.583. The second-order valence-corrected chi connectivity index (χ2v) is 5.23. The second-order valence-electron chi connectivity index (χ2n) is 5.23. The number of rotatable bonds is 3. The third-order valence-corrected chi connectivity index (χ3v) is 3.65. The Bertz CT molecular complexity index is 1080. The number of benzene rings is 2. The van der Waals surface area contributed by atoms with E-state index in [9.17, 15) is 24.6 Å². The number of hydrogen-bond acceptors (Lipinski definition) is 4. The summed E-state index contributed by atoms with van der Waals surface area (Å²) in [4.78, 5) is 25.2. The van der Waals surface area contributed by atoms with Gasteiger partial charge in [0.25, 0.3) is 11.2 Å². The van der Waals surface area contributed by atoms with Gasteiger partial charge >= 0.3 is 0 Å². The Morgan fingerprint density at radius 3 is 2.48 bits per heavy atom. The number of nitriles is 1. The summed E-state index contributed by atoms with van der Waals surface area (Å²) in [6.07, 6.45) is 0. The minimum absolute atomic E-state index is 0.130. The van der Waals surface area contributed by atoms with E-state index in [1.165, 1.54) is 42.5 Å². The molecule has 0 aliphatic heterocycles. The van der Waals surface area contributed by atoms with Crippen LogP contribution in [0.1, 0.15) is 5.56 Å². The largest absolute Gasteiger partial charge is 0.321 e. The van der Waals surface area contributed by atoms with Gasteiger partial charge < -0.3 is 4.98 Å². The zero-order valence-corrected chi connectivity index (χ0v) is 12.7. The van der Waals surface area contributed by atoms with Crippen LogP contribution in [0.25, 0.3) is 22.4 Å². The highest BCUT2D eigenvalue weighted by Gasteiger charge is 2.14. The summed E-state index contributed by atoms with van der Waals surface area (Å²) < 4.78 is 13.5. The van der Waals surface area contributed by atoms with Gasteiger partial charge in [-0.05, 0) is 23.8 Å². The summed E-state index contributed by atoms with van der Waals surface area (Å²) in [7, 11) is 0. The summed E-state index contributed by atoms with van der Waals surface area (Å²) in [5.74, 6) is -0.501. The Morgan fingerprint density at radius 2 is 1.80 bits per heavy atom. The number of nitrogens with zero attached hydrogens (tertiary/aromatic N) is 2. The molecule has 3 aromatic rings. The number of aromatic amines is 1. The predicted octanol–water partition coefficient (Wildman–Crippen LogP) is 3.63. The molecule has 25 heavy (non-hydrogen) atoms. The molecule has 1 aromatic heterocycles. The Hall–Kier alpha value is -3.79. The van der Waals surface area contributed by atoms with Crippen LogP contribution in [-0.4, -0.2) is 9.91 Å². The topological polar surface area (TPSA) is 99.8 Å². The number of H-pyrrole nitrogens is 1. The highest BCUT2D eigenvalue weighted by atomic mass is 19.1. The molecule has 7 heteroatoms. The number of aromatic nitrogens is 1. The minimum atomic E-state index is -0.647. The van der Waals surface area contributed by atoms with Crippen LogP contribution in [0, 0.1) is 27.3 Å². The smallest absolute Gasteiger partial charge is 0.270 e. The summed E-state index contributed by atoms with van der Waals surface area (Å²) in [6.45, 7) is 0. The number of pyridine rings is 1. The maximum atomic E-state index is 13.5. The van der Waals surface area contributed by atoms with Gasteiger partial charge in [0, 0.05) is 29.0 Å². The average Bonchev–Trinajstić information content (AvgIpc) is 2.61. The van der Waals surface area contributed by atoms with Crippen LogP contribution in [0.15, 0.2) is 59.4 Å². The number of nitrogens with one attached hydrogen (secondary N) is 1. The molecule has 1 heterocycles. The molecule has 0 atom stereocenters. The lowest BCUT2D eigenvalue weighted by atomic mass is 9.99. The van der Waals surface area contributed by atoms with E-state index in [-0.39, 0.29) is 16.8 Å². The van der Waals surface area contributed by atoms with E-state index in [1.54, 1.807) is 12.1 Å². The third kappa shape index (κ3) is 3.14. The molecule has 122 valence electrons. The van der Waals surface area contributed by atoms with Gasteiger partial charge in [-0.15, -0.1) is 0 Å². The maximum absolute atomic E-state index is 13.5. The van der Waals surface area contributed by atoms with Crippen molar-refractivity contribution in [3.05, 3.63) is 86.4 Å². The second kappa shape index (κ2) is 6.37. The van der Waals surface area contributed by atoms with Crippen LogP contribution < -0.4 is 5.56 Å². The molecule has 0 spiro atoms. The fraction of sp³-hybridized carbons (Fsp3) is 0. The van der Waals surface area contributed by atoms with Gasteiger partial charge in [-0.2, -0.15) is 5.26 Å². The first kappa shape index (κ1) is 16.1. The zero-order chi connectivity index (χ0) is 18.0. The van der Waals surface area contributed by atoms with Crippen LogP contribution >= 0.6 is 0 Å². The van der Waals surface area contributed by atoms with Crippen LogP contribution in [0.5, 0.6) is 0 Å². The normalized spacial score (nSPS) is 10.2. The van der Waals surface area contributed by atoms with Crippen molar-refractivity contribution < 1.29 is 9.31 Å². The average molecular weight is 335 g/mol. The summed E-state index contributed by atoms with van der Waals surface area (Å²) in [5.41, 5.74) is 0.405. The Balaban J connectivity index is 2.24. The molecule has 0 bridgehead atoms. The van der Waals surface area contributed by atoms with E-state index >= 15 is 0 Å². The minimum Gasteiger partial charge on any atom is -0.321 e. The van der Waals surface area contributed by atoms with Crippen molar-refractivity contribution in [2.24, 2.45) is 0 Å². The van der Waals surface area contributed by atoms with Gasteiger partial charge in [0.2, 0.25) is 0 Å². The van der Waals surface area contributed by atoms with E-state index in [2.05, 4.69) is 4.98 Å². The van der Waals surface area contributed by atoms with Crippen molar-refractivity contribution in [3.8, 4) is 28.5 Å². The van der Waals surface area contributed by atoms with Crippen molar-refractivity contribution in [1.82, 2.24) is 4.98 Å². The highest BCUT2D eigenvalue weighted by Crippen LogP contribution is 2.28. The number of nitro benzene ring substituents is 1. The zero-order valence-electron chi connectivity index (χ0n) is 12.7. The summed E-state index contributed by atoms with van der Waals surface area (Å²) >= 11 is 0. The summed E-state index contributed by atoms with van der Waals surface area (Å²) in [5, 5.41) is 20.2. The molecular formula is C18H10FN3O3. The maximum Gasteiger partial charge on any atom is 0.270 e. The van der Waals surface area contributed by atoms with Crippen LogP contribution in [0.3, 0.4) is 0 Å². The van der Waals surface area contributed by atoms with Gasteiger partial charge in [-0.1, -0.05) is 24.3 Å². The number of non-ortho nitro benzene ring substituents is 1. The molecule has 3 rings (SSSR count). The Kier molecular flexibility index (Phi) is 4.10. The molecule has 0 unspecified atom stereocenters. The lowest BCUT2D eigenvalue weighted by molar-refractivity contribution is -0.384. The number of hydrogen-bond donors (Lipinski definition) is 1. The molecule has 0 fully saturated rings. The molecule has 2 aromatic carbocycles. The van der Waals surface area contributed by atoms with E-state index < -0.39 is 16.3 Å². The van der Waals surface area contributed by atoms with Crippen molar-refractivity contribution in [2.45, 2.75) is 0 Å².